The summed E-state index contributed by atoms with van der Waals surface area (Å²) in [6.45, 7) is -1.67. The van der Waals surface area contributed by atoms with Gasteiger partial charge in [-0.25, -0.2) is 0 Å². The molecule has 1 aromatic rings. The maximum absolute atomic E-state index is 11.3. The molecule has 2 N–H and O–H groups in total. The predicted molar refractivity (Wildman–Crippen MR) is 81.4 cm³/mol. The Morgan fingerprint density at radius 1 is 1.30 bits per heavy atom. The number of benzene rings is 1. The van der Waals surface area contributed by atoms with E-state index >= 15 is 0 Å². The minimum absolute atomic E-state index is 0.205. The lowest BCUT2D eigenvalue weighted by molar-refractivity contribution is -0.860. The van der Waals surface area contributed by atoms with Gasteiger partial charge in [-0.05, 0) is 30.5 Å². The lowest BCUT2D eigenvalue weighted by Gasteiger charge is -2.39. The van der Waals surface area contributed by atoms with E-state index in [-0.39, 0.29) is 5.75 Å². The second-order valence-corrected chi connectivity index (χ2v) is 5.91. The molecule has 1 saturated carbocycles. The van der Waals surface area contributed by atoms with Gasteiger partial charge in [0.2, 0.25) is 0 Å². The van der Waals surface area contributed by atoms with E-state index in [2.05, 4.69) is 0 Å². The Hall–Kier alpha value is -1.06. The summed E-state index contributed by atoms with van der Waals surface area (Å²) in [5.74, 6) is -0.497. The second-order valence-electron chi connectivity index (χ2n) is 5.91. The molecule has 0 aliphatic heterocycles. The van der Waals surface area contributed by atoms with Crippen LogP contribution in [0.5, 0.6) is 5.75 Å². The first-order chi connectivity index (χ1) is 11.5. The van der Waals surface area contributed by atoms with Crippen molar-refractivity contribution >= 4 is 0 Å². The van der Waals surface area contributed by atoms with E-state index in [4.69, 9.17) is 11.6 Å². The maximum Gasteiger partial charge on any atom is 0.118 e. The van der Waals surface area contributed by atoms with E-state index in [0.29, 0.717) is 23.3 Å². The Bertz CT molecular complexity index is 565. The van der Waals surface area contributed by atoms with Crippen LogP contribution in [0, 0.1) is 0 Å². The average Bonchev–Trinajstić information content (AvgIpc) is 2.48. The summed E-state index contributed by atoms with van der Waals surface area (Å²) in [7, 11) is 0.960. The monoisotopic (exact) mass is 283 g/mol. The fourth-order valence-corrected chi connectivity index (χ4v) is 3.00. The minimum atomic E-state index is -2.52. The number of hydrogen-bond donors (Lipinski definition) is 2. The van der Waals surface area contributed by atoms with E-state index in [9.17, 15) is 5.11 Å². The van der Waals surface area contributed by atoms with E-state index in [1.165, 1.54) is 12.1 Å². The molecular formula is C17H28NO2+. The molecular weight excluding hydrogens is 250 g/mol. The molecule has 2 rings (SSSR count). The molecule has 1 aromatic carbocycles. The molecule has 0 bridgehead atoms. The molecule has 3 heteroatoms. The van der Waals surface area contributed by atoms with Gasteiger partial charge in [0.25, 0.3) is 0 Å². The largest absolute Gasteiger partial charge is 0.497 e. The van der Waals surface area contributed by atoms with Crippen LogP contribution < -0.4 is 9.64 Å². The molecule has 20 heavy (non-hydrogen) atoms. The Labute approximate surface area is 129 Å². The highest BCUT2D eigenvalue weighted by Gasteiger charge is 2.40. The number of aliphatic hydroxyl groups is 1. The number of nitrogens with one attached hydrogen (secondary N) is 1. The predicted octanol–water partition coefficient (Wildman–Crippen LogP) is 1.62. The van der Waals surface area contributed by atoms with E-state index in [0.717, 1.165) is 19.3 Å². The van der Waals surface area contributed by atoms with Crippen molar-refractivity contribution in [3.8, 4) is 5.75 Å². The number of rotatable bonds is 5. The summed E-state index contributed by atoms with van der Waals surface area (Å²) in [4.78, 5) is 0.610. The molecule has 1 aliphatic carbocycles. The smallest absolute Gasteiger partial charge is 0.118 e. The molecule has 1 aliphatic rings. The highest BCUT2D eigenvalue weighted by molar-refractivity contribution is 5.31. The third-order valence-corrected chi connectivity index (χ3v) is 4.02. The van der Waals surface area contributed by atoms with Gasteiger partial charge in [0.1, 0.15) is 5.75 Å². The van der Waals surface area contributed by atoms with Crippen LogP contribution in [0.15, 0.2) is 24.3 Å². The first kappa shape index (κ1) is 9.80. The van der Waals surface area contributed by atoms with Gasteiger partial charge in [-0.1, -0.05) is 31.4 Å². The average molecular weight is 283 g/mol. The molecule has 0 saturated heterocycles. The lowest BCUT2D eigenvalue weighted by atomic mass is 9.72. The van der Waals surface area contributed by atoms with Crippen molar-refractivity contribution in [3.63, 3.8) is 0 Å². The number of ether oxygens (including phenoxy) is 1. The van der Waals surface area contributed by atoms with Crippen molar-refractivity contribution in [2.45, 2.75) is 43.6 Å². The SMILES string of the molecule is [2H]C([2H])([2H])Oc1ccc([C@H](C2(O)CCCCC2)C([2H])([2H])[NH+](C)C)cc1. The molecule has 0 spiro atoms. The quantitative estimate of drug-likeness (QED) is 0.861. The summed E-state index contributed by atoms with van der Waals surface area (Å²) in [5, 5.41) is 11.3. The molecule has 0 radical (unpaired) electrons. The van der Waals surface area contributed by atoms with Crippen LogP contribution in [-0.4, -0.2) is 38.3 Å². The Balaban J connectivity index is 2.38. The Morgan fingerprint density at radius 3 is 2.50 bits per heavy atom. The zero-order chi connectivity index (χ0) is 18.9. The highest BCUT2D eigenvalue weighted by Crippen LogP contribution is 2.39. The van der Waals surface area contributed by atoms with Crippen molar-refractivity contribution in [1.29, 1.82) is 0 Å². The van der Waals surface area contributed by atoms with Crippen LogP contribution in [0.1, 0.15) is 50.4 Å². The molecule has 1 fully saturated rings. The normalized spacial score (nSPS) is 24.9. The molecule has 0 aromatic heterocycles. The lowest BCUT2D eigenvalue weighted by Crippen LogP contribution is -3.06. The number of likely N-dealkylation sites (N-methyl/N-ethyl adjacent to an activating group) is 1. The van der Waals surface area contributed by atoms with E-state index < -0.39 is 25.1 Å². The Kier molecular flexibility index (Phi) is 3.23. The molecule has 0 amide bonds. The van der Waals surface area contributed by atoms with Crippen molar-refractivity contribution in [1.82, 2.24) is 0 Å². The number of quaternary nitrogens is 1. The zero-order valence-corrected chi connectivity index (χ0v) is 12.3. The van der Waals surface area contributed by atoms with Crippen LogP contribution in [0.4, 0.5) is 0 Å². The van der Waals surface area contributed by atoms with Crippen molar-refractivity contribution in [2.75, 3.05) is 27.6 Å². The van der Waals surface area contributed by atoms with Crippen molar-refractivity contribution in [3.05, 3.63) is 29.8 Å². The fraction of sp³-hybridized carbons (Fsp3) is 0.647. The number of methoxy groups -OCH3 is 1. The topological polar surface area (TPSA) is 33.9 Å². The molecule has 1 atom stereocenters. The van der Waals surface area contributed by atoms with Gasteiger partial charge in [-0.2, -0.15) is 0 Å². The van der Waals surface area contributed by atoms with Crippen LogP contribution in [0.25, 0.3) is 0 Å². The van der Waals surface area contributed by atoms with Crippen LogP contribution in [0.3, 0.4) is 0 Å². The first-order valence-electron chi connectivity index (χ1n) is 9.78. The van der Waals surface area contributed by atoms with Gasteiger partial charge in [0.15, 0.2) is 0 Å². The third-order valence-electron chi connectivity index (χ3n) is 4.02. The molecule has 0 heterocycles. The fourth-order valence-electron chi connectivity index (χ4n) is 3.00. The summed E-state index contributed by atoms with van der Waals surface area (Å²) < 4.78 is 43.5. The minimum Gasteiger partial charge on any atom is -0.497 e. The van der Waals surface area contributed by atoms with Crippen LogP contribution in [-0.2, 0) is 0 Å². The van der Waals surface area contributed by atoms with E-state index in [1.54, 1.807) is 26.2 Å². The second kappa shape index (κ2) is 6.59. The van der Waals surface area contributed by atoms with Crippen LogP contribution >= 0.6 is 0 Å². The Morgan fingerprint density at radius 2 is 1.95 bits per heavy atom. The standard InChI is InChI=1S/C17H27NO2/c1-18(2)13-16(17(19)11-5-4-6-12-17)14-7-9-15(20-3)10-8-14/h7-10,16,19H,4-6,11-13H2,1-3H3/p+1/t16-/m1/s1/i3D3,13D2. The summed E-state index contributed by atoms with van der Waals surface area (Å²) in [6, 6.07) is 6.39. The van der Waals surface area contributed by atoms with Gasteiger partial charge >= 0.3 is 0 Å². The van der Waals surface area contributed by atoms with Gasteiger partial charge < -0.3 is 14.7 Å². The van der Waals surface area contributed by atoms with Gasteiger partial charge in [0, 0.05) is 0 Å². The van der Waals surface area contributed by atoms with Crippen molar-refractivity contribution in [2.24, 2.45) is 0 Å². The zero-order valence-electron chi connectivity index (χ0n) is 17.3. The van der Waals surface area contributed by atoms with Gasteiger partial charge in [0.05, 0.1) is 46.0 Å². The molecule has 3 nitrogen and oxygen atoms in total. The molecule has 112 valence electrons. The maximum atomic E-state index is 11.3. The highest BCUT2D eigenvalue weighted by atomic mass is 16.5. The van der Waals surface area contributed by atoms with Crippen LogP contribution in [0.2, 0.25) is 0 Å². The van der Waals surface area contributed by atoms with E-state index in [1.807, 2.05) is 0 Å². The summed E-state index contributed by atoms with van der Waals surface area (Å²) >= 11 is 0. The van der Waals surface area contributed by atoms with Gasteiger partial charge in [-0.15, -0.1) is 0 Å². The summed E-state index contributed by atoms with van der Waals surface area (Å²) in [5.41, 5.74) is -0.445. The summed E-state index contributed by atoms with van der Waals surface area (Å²) in [6.07, 6.45) is 3.95. The number of hydrogen-bond acceptors (Lipinski definition) is 2. The first-order valence-corrected chi connectivity index (χ1v) is 7.28. The molecule has 0 unspecified atom stereocenters. The van der Waals surface area contributed by atoms with Crippen molar-refractivity contribution < 1.29 is 21.6 Å². The third kappa shape index (κ3) is 3.53. The van der Waals surface area contributed by atoms with Gasteiger partial charge in [-0.3, -0.25) is 0 Å².